The number of nitrogens with zero attached hydrogens (tertiary/aromatic N) is 6. The number of aromatic nitrogens is 3. The molecule has 0 radical (unpaired) electrons. The molecule has 0 amide bonds. The van der Waals surface area contributed by atoms with E-state index in [4.69, 9.17) is 9.72 Å². The normalized spacial score (nSPS) is 16.1. The van der Waals surface area contributed by atoms with E-state index in [9.17, 15) is 4.79 Å². The van der Waals surface area contributed by atoms with E-state index in [1.54, 1.807) is 30.5 Å². The summed E-state index contributed by atoms with van der Waals surface area (Å²) in [6.07, 6.45) is 8.81. The van der Waals surface area contributed by atoms with Gasteiger partial charge in [0.1, 0.15) is 5.75 Å². The molecule has 2 saturated heterocycles. The van der Waals surface area contributed by atoms with Crippen molar-refractivity contribution in [3.63, 3.8) is 0 Å². The second kappa shape index (κ2) is 12.3. The van der Waals surface area contributed by atoms with Crippen molar-refractivity contribution < 1.29 is 9.53 Å². The zero-order valence-electron chi connectivity index (χ0n) is 20.6. The third kappa shape index (κ3) is 6.94. The van der Waals surface area contributed by atoms with Crippen LogP contribution in [0, 0.1) is 3.57 Å². The van der Waals surface area contributed by atoms with Crippen LogP contribution in [0.25, 0.3) is 0 Å². The molecule has 0 atom stereocenters. The number of piperidine rings is 2. The minimum absolute atomic E-state index is 0.384. The summed E-state index contributed by atoms with van der Waals surface area (Å²) in [7, 11) is 0. The maximum atomic E-state index is 12.4. The molecule has 3 heterocycles. The van der Waals surface area contributed by atoms with Crippen molar-refractivity contribution in [1.29, 1.82) is 0 Å². The van der Waals surface area contributed by atoms with E-state index in [2.05, 4.69) is 52.9 Å². The highest BCUT2D eigenvalue weighted by molar-refractivity contribution is 14.1. The number of hydrogen-bond acceptors (Lipinski definition) is 9. The van der Waals surface area contributed by atoms with Crippen molar-refractivity contribution in [3.05, 3.63) is 63.2 Å². The number of esters is 1. The summed E-state index contributed by atoms with van der Waals surface area (Å²) in [5.41, 5.74) is 4.36. The van der Waals surface area contributed by atoms with Crippen molar-refractivity contribution in [2.45, 2.75) is 38.5 Å². The maximum absolute atomic E-state index is 12.4. The molecule has 0 aliphatic carbocycles. The van der Waals surface area contributed by atoms with E-state index < -0.39 is 0 Å². The first-order valence-electron chi connectivity index (χ1n) is 12.8. The van der Waals surface area contributed by atoms with Crippen LogP contribution < -0.4 is 20.0 Å². The van der Waals surface area contributed by atoms with Gasteiger partial charge in [-0.25, -0.2) is 10.2 Å². The van der Waals surface area contributed by atoms with Crippen LogP contribution in [0.2, 0.25) is 0 Å². The van der Waals surface area contributed by atoms with Crippen LogP contribution in [0.5, 0.6) is 5.75 Å². The number of carbonyl (C=O) groups excluding carboxylic acids is 1. The Hall–Kier alpha value is -3.28. The Morgan fingerprint density at radius 2 is 1.49 bits per heavy atom. The van der Waals surface area contributed by atoms with Crippen molar-refractivity contribution in [3.8, 4) is 5.75 Å². The van der Waals surface area contributed by atoms with E-state index in [0.29, 0.717) is 29.2 Å². The lowest BCUT2D eigenvalue weighted by Crippen LogP contribution is -2.34. The summed E-state index contributed by atoms with van der Waals surface area (Å²) >= 11 is 2.17. The molecule has 0 spiro atoms. The Bertz CT molecular complexity index is 1200. The minimum atomic E-state index is -0.384. The van der Waals surface area contributed by atoms with Crippen LogP contribution in [0.15, 0.2) is 53.6 Å². The third-order valence-electron chi connectivity index (χ3n) is 6.42. The summed E-state index contributed by atoms with van der Waals surface area (Å²) in [5.74, 6) is 1.96. The zero-order chi connectivity index (χ0) is 25.5. The van der Waals surface area contributed by atoms with Gasteiger partial charge < -0.3 is 14.5 Å². The lowest BCUT2D eigenvalue weighted by molar-refractivity contribution is 0.0734. The Balaban J connectivity index is 1.25. The van der Waals surface area contributed by atoms with Gasteiger partial charge in [0.15, 0.2) is 0 Å². The Morgan fingerprint density at radius 3 is 2.08 bits per heavy atom. The minimum Gasteiger partial charge on any atom is -0.423 e. The Labute approximate surface area is 230 Å². The molecule has 1 N–H and O–H groups in total. The molecular formula is C27H30IN7O2. The van der Waals surface area contributed by atoms with Gasteiger partial charge in [-0.2, -0.15) is 20.1 Å². The summed E-state index contributed by atoms with van der Waals surface area (Å²) < 4.78 is 6.47. The molecule has 0 bridgehead atoms. The van der Waals surface area contributed by atoms with Gasteiger partial charge in [0.25, 0.3) is 0 Å². The first kappa shape index (κ1) is 25.4. The van der Waals surface area contributed by atoms with Crippen molar-refractivity contribution in [2.75, 3.05) is 41.4 Å². The molecule has 3 aromatic rings. The first-order valence-corrected chi connectivity index (χ1v) is 13.8. The number of rotatable bonds is 7. The van der Waals surface area contributed by atoms with Crippen molar-refractivity contribution in [2.24, 2.45) is 5.10 Å². The van der Waals surface area contributed by atoms with Crippen LogP contribution >= 0.6 is 22.6 Å². The second-order valence-corrected chi connectivity index (χ2v) is 10.4. The van der Waals surface area contributed by atoms with Gasteiger partial charge in [-0.3, -0.25) is 0 Å². The average molecular weight is 611 g/mol. The van der Waals surface area contributed by atoms with Crippen molar-refractivity contribution in [1.82, 2.24) is 15.0 Å². The standard InChI is InChI=1S/C27H30IN7O2/c28-22-9-7-8-21(18-22)24(36)37-23-12-10-20(11-13-23)19-29-33-25-30-26(34-14-3-1-4-15-34)32-27(31-25)35-16-5-2-6-17-35/h7-13,18-19H,1-6,14-17H2,(H,30,31,32,33)/b29-19-. The van der Waals surface area contributed by atoms with Crippen molar-refractivity contribution >= 4 is 52.6 Å². The molecule has 9 nitrogen and oxygen atoms in total. The summed E-state index contributed by atoms with van der Waals surface area (Å²) in [6, 6.07) is 14.5. The SMILES string of the molecule is O=C(Oc1ccc(/C=N\Nc2nc(N3CCCCC3)nc(N3CCCCC3)n2)cc1)c1cccc(I)c1. The van der Waals surface area contributed by atoms with Gasteiger partial charge in [0.05, 0.1) is 11.8 Å². The molecule has 37 heavy (non-hydrogen) atoms. The van der Waals surface area contributed by atoms with E-state index in [1.807, 2.05) is 24.3 Å². The largest absolute Gasteiger partial charge is 0.423 e. The predicted molar refractivity (Wildman–Crippen MR) is 154 cm³/mol. The molecule has 0 saturated carbocycles. The predicted octanol–water partition coefficient (Wildman–Crippen LogP) is 5.12. The molecule has 2 aliphatic heterocycles. The monoisotopic (exact) mass is 611 g/mol. The van der Waals surface area contributed by atoms with Crippen LogP contribution in [0.3, 0.4) is 0 Å². The summed E-state index contributed by atoms with van der Waals surface area (Å²) in [4.78, 5) is 31.0. The number of nitrogens with one attached hydrogen (secondary N) is 1. The molecule has 2 fully saturated rings. The van der Waals surface area contributed by atoms with E-state index in [1.165, 1.54) is 12.8 Å². The van der Waals surface area contributed by atoms with Gasteiger partial charge in [-0.05, 0) is 109 Å². The topological polar surface area (TPSA) is 95.8 Å². The smallest absolute Gasteiger partial charge is 0.343 e. The highest BCUT2D eigenvalue weighted by atomic mass is 127. The van der Waals surface area contributed by atoms with Gasteiger partial charge in [-0.1, -0.05) is 6.07 Å². The first-order chi connectivity index (χ1) is 18.1. The molecule has 0 unspecified atom stereocenters. The lowest BCUT2D eigenvalue weighted by Gasteiger charge is -2.30. The molecule has 5 rings (SSSR count). The van der Waals surface area contributed by atoms with Gasteiger partial charge >= 0.3 is 5.97 Å². The van der Waals surface area contributed by atoms with E-state index in [-0.39, 0.29) is 5.97 Å². The quantitative estimate of drug-likeness (QED) is 0.129. The lowest BCUT2D eigenvalue weighted by atomic mass is 10.1. The molecule has 2 aliphatic rings. The molecule has 10 heteroatoms. The fourth-order valence-corrected chi connectivity index (χ4v) is 4.99. The van der Waals surface area contributed by atoms with Gasteiger partial charge in [0.2, 0.25) is 17.8 Å². The molecular weight excluding hydrogens is 581 g/mol. The fourth-order valence-electron chi connectivity index (χ4n) is 4.44. The number of hydrogen-bond donors (Lipinski definition) is 1. The van der Waals surface area contributed by atoms with Crippen LogP contribution in [-0.2, 0) is 0 Å². The number of halogens is 1. The highest BCUT2D eigenvalue weighted by Crippen LogP contribution is 2.22. The molecule has 2 aromatic carbocycles. The Kier molecular flexibility index (Phi) is 8.44. The number of ether oxygens (including phenoxy) is 1. The average Bonchev–Trinajstić information content (AvgIpc) is 2.95. The fraction of sp³-hybridized carbons (Fsp3) is 0.370. The van der Waals surface area contributed by atoms with Crippen LogP contribution in [0.4, 0.5) is 17.8 Å². The molecule has 192 valence electrons. The maximum Gasteiger partial charge on any atom is 0.343 e. The third-order valence-corrected chi connectivity index (χ3v) is 7.09. The van der Waals surface area contributed by atoms with Crippen LogP contribution in [0.1, 0.15) is 54.4 Å². The van der Waals surface area contributed by atoms with Gasteiger partial charge in [0, 0.05) is 29.7 Å². The number of carbonyl (C=O) groups is 1. The van der Waals surface area contributed by atoms with E-state index in [0.717, 1.165) is 61.0 Å². The number of anilines is 3. The zero-order valence-corrected chi connectivity index (χ0v) is 22.8. The van der Waals surface area contributed by atoms with Gasteiger partial charge in [-0.15, -0.1) is 0 Å². The number of benzene rings is 2. The molecule has 1 aromatic heterocycles. The second-order valence-electron chi connectivity index (χ2n) is 9.19. The van der Waals surface area contributed by atoms with E-state index >= 15 is 0 Å². The Morgan fingerprint density at radius 1 is 0.865 bits per heavy atom. The summed E-state index contributed by atoms with van der Waals surface area (Å²) in [6.45, 7) is 3.86. The van der Waals surface area contributed by atoms with Crippen LogP contribution in [-0.4, -0.2) is 53.3 Å². The summed E-state index contributed by atoms with van der Waals surface area (Å²) in [5, 5.41) is 4.36. The number of hydrazone groups is 1. The highest BCUT2D eigenvalue weighted by Gasteiger charge is 2.20.